The molecule has 100 valence electrons. The van der Waals surface area contributed by atoms with E-state index in [-0.39, 0.29) is 0 Å². The van der Waals surface area contributed by atoms with Gasteiger partial charge in [-0.3, -0.25) is 0 Å². The van der Waals surface area contributed by atoms with Crippen molar-refractivity contribution in [1.82, 2.24) is 5.32 Å². The maximum atomic E-state index is 5.61. The van der Waals surface area contributed by atoms with E-state index in [9.17, 15) is 0 Å². The molecule has 1 saturated heterocycles. The number of ether oxygens (including phenoxy) is 2. The topological polar surface area (TPSA) is 30.5 Å². The van der Waals surface area contributed by atoms with Crippen LogP contribution in [0.4, 0.5) is 0 Å². The molecule has 0 radical (unpaired) electrons. The Hall–Kier alpha value is -1.22. The summed E-state index contributed by atoms with van der Waals surface area (Å²) in [5, 5.41) is 3.57. The average molecular weight is 249 g/mol. The van der Waals surface area contributed by atoms with Crippen molar-refractivity contribution in [2.24, 2.45) is 0 Å². The molecule has 0 saturated carbocycles. The lowest BCUT2D eigenvalue weighted by Crippen LogP contribution is -2.27. The van der Waals surface area contributed by atoms with Crippen molar-refractivity contribution in [3.63, 3.8) is 0 Å². The molecule has 18 heavy (non-hydrogen) atoms. The third kappa shape index (κ3) is 2.32. The summed E-state index contributed by atoms with van der Waals surface area (Å²) in [7, 11) is 3.48. The van der Waals surface area contributed by atoms with E-state index in [2.05, 4.69) is 25.2 Å². The Morgan fingerprint density at radius 2 is 1.89 bits per heavy atom. The fourth-order valence-corrected chi connectivity index (χ4v) is 2.75. The van der Waals surface area contributed by atoms with Gasteiger partial charge in [-0.15, -0.1) is 0 Å². The Morgan fingerprint density at radius 1 is 1.11 bits per heavy atom. The van der Waals surface area contributed by atoms with Gasteiger partial charge >= 0.3 is 0 Å². The largest absolute Gasteiger partial charge is 0.496 e. The lowest BCUT2D eigenvalue weighted by molar-refractivity contribution is 0.364. The molecule has 0 bridgehead atoms. The highest BCUT2D eigenvalue weighted by atomic mass is 16.5. The molecule has 1 aromatic rings. The SMILES string of the molecule is COc1cc(C2CCCCN2)c(OC)c(C)c1C. The molecule has 1 aliphatic heterocycles. The minimum atomic E-state index is 0.391. The van der Waals surface area contributed by atoms with Crippen molar-refractivity contribution in [2.45, 2.75) is 39.2 Å². The lowest BCUT2D eigenvalue weighted by atomic mass is 9.93. The summed E-state index contributed by atoms with van der Waals surface area (Å²) >= 11 is 0. The summed E-state index contributed by atoms with van der Waals surface area (Å²) in [6, 6.07) is 2.52. The Labute approximate surface area is 109 Å². The van der Waals surface area contributed by atoms with Crippen molar-refractivity contribution in [3.05, 3.63) is 22.8 Å². The molecule has 0 aliphatic carbocycles. The van der Waals surface area contributed by atoms with Gasteiger partial charge in [-0.05, 0) is 50.4 Å². The minimum absolute atomic E-state index is 0.391. The molecule has 1 fully saturated rings. The van der Waals surface area contributed by atoms with Gasteiger partial charge in [0.25, 0.3) is 0 Å². The van der Waals surface area contributed by atoms with Crippen molar-refractivity contribution in [1.29, 1.82) is 0 Å². The first kappa shape index (κ1) is 13.2. The average Bonchev–Trinajstić information content (AvgIpc) is 2.42. The Balaban J connectivity index is 2.46. The van der Waals surface area contributed by atoms with Crippen LogP contribution in [0.2, 0.25) is 0 Å². The molecule has 1 heterocycles. The number of hydrogen-bond acceptors (Lipinski definition) is 3. The van der Waals surface area contributed by atoms with Crippen LogP contribution in [0.5, 0.6) is 11.5 Å². The predicted octanol–water partition coefficient (Wildman–Crippen LogP) is 3.14. The monoisotopic (exact) mass is 249 g/mol. The molecule has 3 nitrogen and oxygen atoms in total. The minimum Gasteiger partial charge on any atom is -0.496 e. The molecule has 2 rings (SSSR count). The molecular weight excluding hydrogens is 226 g/mol. The zero-order chi connectivity index (χ0) is 13.1. The molecule has 0 aromatic heterocycles. The molecule has 0 spiro atoms. The van der Waals surface area contributed by atoms with Gasteiger partial charge in [0.05, 0.1) is 14.2 Å². The molecule has 1 N–H and O–H groups in total. The van der Waals surface area contributed by atoms with E-state index < -0.39 is 0 Å². The standard InChI is InChI=1S/C15H23NO2/c1-10-11(2)15(18-4)12(9-14(10)17-3)13-7-5-6-8-16-13/h9,13,16H,5-8H2,1-4H3. The maximum Gasteiger partial charge on any atom is 0.127 e. The molecule has 3 heteroatoms. The molecular formula is C15H23NO2. The van der Waals surface area contributed by atoms with E-state index in [0.717, 1.165) is 23.6 Å². The van der Waals surface area contributed by atoms with Crippen LogP contribution >= 0.6 is 0 Å². The first-order valence-electron chi connectivity index (χ1n) is 6.64. The summed E-state index contributed by atoms with van der Waals surface area (Å²) in [6.07, 6.45) is 3.71. The Bertz CT molecular complexity index is 423. The number of benzene rings is 1. The fraction of sp³-hybridized carbons (Fsp3) is 0.600. The summed E-state index contributed by atoms with van der Waals surface area (Å²) < 4.78 is 11.1. The number of piperidine rings is 1. The number of nitrogens with one attached hydrogen (secondary N) is 1. The first-order valence-corrected chi connectivity index (χ1v) is 6.64. The van der Waals surface area contributed by atoms with E-state index >= 15 is 0 Å². The van der Waals surface area contributed by atoms with Gasteiger partial charge in [0.15, 0.2) is 0 Å². The summed E-state index contributed by atoms with van der Waals surface area (Å²) in [6.45, 7) is 5.26. The quantitative estimate of drug-likeness (QED) is 0.892. The fourth-order valence-electron chi connectivity index (χ4n) is 2.75. The molecule has 0 amide bonds. The van der Waals surface area contributed by atoms with E-state index in [4.69, 9.17) is 9.47 Å². The number of methoxy groups -OCH3 is 2. The zero-order valence-electron chi connectivity index (χ0n) is 11.8. The number of rotatable bonds is 3. The van der Waals surface area contributed by atoms with Crippen LogP contribution in [0.25, 0.3) is 0 Å². The highest BCUT2D eigenvalue weighted by molar-refractivity contribution is 5.53. The van der Waals surface area contributed by atoms with Crippen LogP contribution in [-0.4, -0.2) is 20.8 Å². The smallest absolute Gasteiger partial charge is 0.127 e. The summed E-state index contributed by atoms with van der Waals surface area (Å²) in [5.74, 6) is 1.96. The van der Waals surface area contributed by atoms with Crippen LogP contribution in [-0.2, 0) is 0 Å². The van der Waals surface area contributed by atoms with Gasteiger partial charge in [0.1, 0.15) is 11.5 Å². The third-order valence-electron chi connectivity index (χ3n) is 3.93. The van der Waals surface area contributed by atoms with Crippen LogP contribution in [0, 0.1) is 13.8 Å². The third-order valence-corrected chi connectivity index (χ3v) is 3.93. The highest BCUT2D eigenvalue weighted by Crippen LogP contribution is 2.38. The van der Waals surface area contributed by atoms with Crippen LogP contribution in [0.3, 0.4) is 0 Å². The summed E-state index contributed by atoms with van der Waals surface area (Å²) in [4.78, 5) is 0. The van der Waals surface area contributed by atoms with E-state index in [1.165, 1.54) is 30.4 Å². The lowest BCUT2D eigenvalue weighted by Gasteiger charge is -2.27. The number of hydrogen-bond donors (Lipinski definition) is 1. The Morgan fingerprint density at radius 3 is 2.44 bits per heavy atom. The van der Waals surface area contributed by atoms with Gasteiger partial charge in [-0.25, -0.2) is 0 Å². The predicted molar refractivity (Wildman–Crippen MR) is 73.6 cm³/mol. The van der Waals surface area contributed by atoms with E-state index in [1.54, 1.807) is 14.2 Å². The molecule has 1 aliphatic rings. The molecule has 1 unspecified atom stereocenters. The maximum absolute atomic E-state index is 5.61. The van der Waals surface area contributed by atoms with Gasteiger partial charge in [0, 0.05) is 11.6 Å². The van der Waals surface area contributed by atoms with Gasteiger partial charge in [-0.2, -0.15) is 0 Å². The van der Waals surface area contributed by atoms with Crippen molar-refractivity contribution in [2.75, 3.05) is 20.8 Å². The van der Waals surface area contributed by atoms with Gasteiger partial charge < -0.3 is 14.8 Å². The summed E-state index contributed by atoms with van der Waals surface area (Å²) in [5.41, 5.74) is 3.57. The second-order valence-corrected chi connectivity index (χ2v) is 4.95. The first-order chi connectivity index (χ1) is 8.69. The van der Waals surface area contributed by atoms with Gasteiger partial charge in [-0.1, -0.05) is 6.42 Å². The molecule has 1 atom stereocenters. The van der Waals surface area contributed by atoms with Crippen LogP contribution in [0.15, 0.2) is 6.07 Å². The van der Waals surface area contributed by atoms with Crippen LogP contribution < -0.4 is 14.8 Å². The normalized spacial score (nSPS) is 19.7. The highest BCUT2D eigenvalue weighted by Gasteiger charge is 2.22. The van der Waals surface area contributed by atoms with Crippen molar-refractivity contribution >= 4 is 0 Å². The Kier molecular flexibility index (Phi) is 4.12. The second kappa shape index (κ2) is 5.61. The zero-order valence-corrected chi connectivity index (χ0v) is 11.8. The van der Waals surface area contributed by atoms with Crippen molar-refractivity contribution in [3.8, 4) is 11.5 Å². The second-order valence-electron chi connectivity index (χ2n) is 4.95. The molecule has 1 aromatic carbocycles. The van der Waals surface area contributed by atoms with Crippen molar-refractivity contribution < 1.29 is 9.47 Å². The van der Waals surface area contributed by atoms with E-state index in [1.807, 2.05) is 0 Å². The van der Waals surface area contributed by atoms with Gasteiger partial charge in [0.2, 0.25) is 0 Å². The van der Waals surface area contributed by atoms with E-state index in [0.29, 0.717) is 6.04 Å². The van der Waals surface area contributed by atoms with Crippen LogP contribution in [0.1, 0.15) is 42.0 Å².